The summed E-state index contributed by atoms with van der Waals surface area (Å²) in [7, 11) is 1.98. The van der Waals surface area contributed by atoms with E-state index in [0.29, 0.717) is 5.91 Å². The van der Waals surface area contributed by atoms with E-state index in [1.54, 1.807) is 0 Å². The van der Waals surface area contributed by atoms with Gasteiger partial charge < -0.3 is 9.38 Å². The van der Waals surface area contributed by atoms with Crippen LogP contribution in [0.4, 0.5) is 0 Å². The van der Waals surface area contributed by atoms with Gasteiger partial charge in [0.05, 0.1) is 32.7 Å². The molecule has 0 unspecified atom stereocenters. The summed E-state index contributed by atoms with van der Waals surface area (Å²) in [4.78, 5) is 14.2. The van der Waals surface area contributed by atoms with Gasteiger partial charge in [0.15, 0.2) is 0 Å². The number of carbonyl (C=O) groups is 1. The Morgan fingerprint density at radius 3 is 1.64 bits per heavy atom. The fourth-order valence-corrected chi connectivity index (χ4v) is 3.41. The van der Waals surface area contributed by atoms with Gasteiger partial charge in [-0.2, -0.15) is 0 Å². The quantitative estimate of drug-likeness (QED) is 0.158. The van der Waals surface area contributed by atoms with E-state index in [4.69, 9.17) is 0 Å². The fraction of sp³-hybridized carbons (Fsp3) is 0.952. The molecule has 0 bridgehead atoms. The minimum atomic E-state index is 0. The lowest BCUT2D eigenvalue weighted by Crippen LogP contribution is -2.51. The number of unbranched alkanes of at least 4 members (excludes halogenated alkanes) is 8. The van der Waals surface area contributed by atoms with Crippen LogP contribution in [0.2, 0.25) is 0 Å². The monoisotopic (exact) mass is 469 g/mol. The first-order chi connectivity index (χ1) is 11.5. The number of hydrogen-bond donors (Lipinski definition) is 0. The number of rotatable bonds is 16. The molecule has 1 amide bonds. The molecule has 0 N–H and O–H groups in total. The van der Waals surface area contributed by atoms with E-state index in [1.165, 1.54) is 51.4 Å². The van der Waals surface area contributed by atoms with Crippen LogP contribution in [0.1, 0.15) is 91.9 Å². The van der Waals surface area contributed by atoms with Gasteiger partial charge in [-0.25, -0.2) is 0 Å². The van der Waals surface area contributed by atoms with Crippen molar-refractivity contribution in [2.45, 2.75) is 91.9 Å². The predicted octanol–water partition coefficient (Wildman–Crippen LogP) is 5.86. The van der Waals surface area contributed by atoms with E-state index >= 15 is 0 Å². The topological polar surface area (TPSA) is 20.3 Å². The van der Waals surface area contributed by atoms with E-state index in [0.717, 1.165) is 50.0 Å². The molecule has 0 fully saturated rings. The standard InChI is InChI=1S/C21H45N2O.HI/c1-6-10-11-12-13-14-15-16-17-18-21(24)22(5)19-20-23(7-2,8-3)9-4;/h6-20H2,1-5H3;1H/q+1;. The molecule has 25 heavy (non-hydrogen) atoms. The van der Waals surface area contributed by atoms with Crippen molar-refractivity contribution in [3.05, 3.63) is 0 Å². The molecule has 0 saturated heterocycles. The van der Waals surface area contributed by atoms with Gasteiger partial charge >= 0.3 is 0 Å². The predicted molar refractivity (Wildman–Crippen MR) is 122 cm³/mol. The van der Waals surface area contributed by atoms with Crippen LogP contribution in [0, 0.1) is 0 Å². The van der Waals surface area contributed by atoms with Crippen LogP contribution in [-0.4, -0.2) is 55.1 Å². The average molecular weight is 470 g/mol. The normalized spacial score (nSPS) is 11.2. The van der Waals surface area contributed by atoms with Crippen LogP contribution in [0.5, 0.6) is 0 Å². The van der Waals surface area contributed by atoms with E-state index in [2.05, 4.69) is 27.7 Å². The highest BCUT2D eigenvalue weighted by molar-refractivity contribution is 14.0. The van der Waals surface area contributed by atoms with Crippen LogP contribution in [0.15, 0.2) is 0 Å². The molecular weight excluding hydrogens is 423 g/mol. The molecule has 4 heteroatoms. The highest BCUT2D eigenvalue weighted by Crippen LogP contribution is 2.11. The number of halogens is 1. The van der Waals surface area contributed by atoms with Crippen molar-refractivity contribution >= 4 is 29.9 Å². The third-order valence-corrected chi connectivity index (χ3v) is 5.84. The van der Waals surface area contributed by atoms with Crippen LogP contribution >= 0.6 is 24.0 Å². The second-order valence-electron chi connectivity index (χ2n) is 7.41. The first kappa shape index (κ1) is 27.4. The van der Waals surface area contributed by atoms with Gasteiger partial charge in [0.25, 0.3) is 0 Å². The molecule has 0 radical (unpaired) electrons. The molecule has 152 valence electrons. The molecule has 0 atom stereocenters. The molecule has 0 aromatic heterocycles. The van der Waals surface area contributed by atoms with Crippen molar-refractivity contribution in [2.75, 3.05) is 39.8 Å². The Kier molecular flexibility index (Phi) is 19.2. The zero-order valence-corrected chi connectivity index (χ0v) is 20.1. The maximum absolute atomic E-state index is 12.3. The Balaban J connectivity index is 0. The summed E-state index contributed by atoms with van der Waals surface area (Å²) >= 11 is 0. The summed E-state index contributed by atoms with van der Waals surface area (Å²) < 4.78 is 1.12. The van der Waals surface area contributed by atoms with Crippen molar-refractivity contribution in [2.24, 2.45) is 0 Å². The fourth-order valence-electron chi connectivity index (χ4n) is 3.41. The second kappa shape index (κ2) is 17.6. The molecule has 0 aromatic carbocycles. The van der Waals surface area contributed by atoms with Gasteiger partial charge in [-0.1, -0.05) is 58.3 Å². The molecule has 0 aliphatic rings. The van der Waals surface area contributed by atoms with Gasteiger partial charge in [-0.3, -0.25) is 4.79 Å². The Morgan fingerprint density at radius 2 is 1.20 bits per heavy atom. The third-order valence-electron chi connectivity index (χ3n) is 5.84. The average Bonchev–Trinajstić information content (AvgIpc) is 2.61. The van der Waals surface area contributed by atoms with Crippen molar-refractivity contribution in [1.82, 2.24) is 4.90 Å². The third kappa shape index (κ3) is 13.0. The molecule has 0 heterocycles. The van der Waals surface area contributed by atoms with E-state index in [1.807, 2.05) is 11.9 Å². The lowest BCUT2D eigenvalue weighted by molar-refractivity contribution is -0.922. The summed E-state index contributed by atoms with van der Waals surface area (Å²) in [5, 5.41) is 0. The van der Waals surface area contributed by atoms with Crippen LogP contribution in [0.25, 0.3) is 0 Å². The lowest BCUT2D eigenvalue weighted by atomic mass is 10.1. The molecule has 0 spiro atoms. The first-order valence-electron chi connectivity index (χ1n) is 10.6. The number of likely N-dealkylation sites (N-methyl/N-ethyl adjacent to an activating group) is 2. The van der Waals surface area contributed by atoms with Gasteiger partial charge in [0.2, 0.25) is 5.91 Å². The van der Waals surface area contributed by atoms with E-state index < -0.39 is 0 Å². The zero-order chi connectivity index (χ0) is 18.3. The zero-order valence-electron chi connectivity index (χ0n) is 17.8. The smallest absolute Gasteiger partial charge is 0.222 e. The summed E-state index contributed by atoms with van der Waals surface area (Å²) in [5.41, 5.74) is 0. The maximum atomic E-state index is 12.3. The van der Waals surface area contributed by atoms with E-state index in [9.17, 15) is 4.79 Å². The Bertz CT molecular complexity index is 298. The van der Waals surface area contributed by atoms with Crippen molar-refractivity contribution in [3.8, 4) is 0 Å². The Labute approximate surface area is 175 Å². The summed E-state index contributed by atoms with van der Waals surface area (Å²) in [5.74, 6) is 0.333. The van der Waals surface area contributed by atoms with Crippen LogP contribution < -0.4 is 0 Å². The molecule has 0 aliphatic carbocycles. The van der Waals surface area contributed by atoms with E-state index in [-0.39, 0.29) is 24.0 Å². The summed E-state index contributed by atoms with van der Waals surface area (Å²) in [6.45, 7) is 14.5. The SMILES string of the molecule is CCCCCCCCCCCC(=O)N(C)CC[N+](CC)(CC)CC.I. The number of amides is 1. The highest BCUT2D eigenvalue weighted by Gasteiger charge is 2.21. The van der Waals surface area contributed by atoms with Gasteiger partial charge in [-0.05, 0) is 27.2 Å². The van der Waals surface area contributed by atoms with Crippen molar-refractivity contribution < 1.29 is 9.28 Å². The molecule has 3 nitrogen and oxygen atoms in total. The number of nitrogens with zero attached hydrogens (tertiary/aromatic N) is 2. The lowest BCUT2D eigenvalue weighted by Gasteiger charge is -2.37. The van der Waals surface area contributed by atoms with Crippen molar-refractivity contribution in [3.63, 3.8) is 0 Å². The number of carbonyl (C=O) groups excluding carboxylic acids is 1. The van der Waals surface area contributed by atoms with Gasteiger partial charge in [0.1, 0.15) is 0 Å². The second-order valence-corrected chi connectivity index (χ2v) is 7.41. The molecule has 0 saturated carbocycles. The maximum Gasteiger partial charge on any atom is 0.222 e. The van der Waals surface area contributed by atoms with Crippen molar-refractivity contribution in [1.29, 1.82) is 0 Å². The molecule has 0 aliphatic heterocycles. The van der Waals surface area contributed by atoms with Crippen LogP contribution in [0.3, 0.4) is 0 Å². The first-order valence-corrected chi connectivity index (χ1v) is 10.6. The summed E-state index contributed by atoms with van der Waals surface area (Å²) in [6.07, 6.45) is 12.5. The molecule has 0 rings (SSSR count). The Hall–Kier alpha value is 0.160. The van der Waals surface area contributed by atoms with Gasteiger partial charge in [-0.15, -0.1) is 24.0 Å². The van der Waals surface area contributed by atoms with Gasteiger partial charge in [0, 0.05) is 13.5 Å². The minimum Gasteiger partial charge on any atom is -0.340 e. The summed E-state index contributed by atoms with van der Waals surface area (Å²) in [6, 6.07) is 0. The number of hydrogen-bond acceptors (Lipinski definition) is 1. The Morgan fingerprint density at radius 1 is 0.760 bits per heavy atom. The molecular formula is C21H46IN2O+. The van der Waals surface area contributed by atoms with Crippen LogP contribution in [-0.2, 0) is 4.79 Å². The largest absolute Gasteiger partial charge is 0.340 e. The number of quaternary nitrogens is 1. The highest BCUT2D eigenvalue weighted by atomic mass is 127. The minimum absolute atomic E-state index is 0. The molecule has 0 aromatic rings.